The van der Waals surface area contributed by atoms with Crippen LogP contribution in [0.15, 0.2) is 6.07 Å². The van der Waals surface area contributed by atoms with E-state index in [0.717, 1.165) is 3.57 Å². The van der Waals surface area contributed by atoms with Crippen LogP contribution < -0.4 is 0 Å². The zero-order chi connectivity index (χ0) is 12.7. The van der Waals surface area contributed by atoms with Crippen molar-refractivity contribution < 1.29 is 11.6 Å². The fourth-order valence-corrected chi connectivity index (χ4v) is 7.90. The van der Waals surface area contributed by atoms with Gasteiger partial charge in [0.25, 0.3) is 0 Å². The summed E-state index contributed by atoms with van der Waals surface area (Å²) in [5, 5.41) is 0. The van der Waals surface area contributed by atoms with Gasteiger partial charge in [0.15, 0.2) is 0 Å². The molecule has 5 rings (SSSR count). The van der Waals surface area contributed by atoms with Crippen molar-refractivity contribution in [2.75, 3.05) is 0 Å². The maximum Gasteiger partial charge on any atom is 0.341 e. The highest BCUT2D eigenvalue weighted by Gasteiger charge is 2.46. The maximum atomic E-state index is 12.0. The molecule has 4 atom stereocenters. The number of hydrogen-bond donors (Lipinski definition) is 0. The van der Waals surface area contributed by atoms with Crippen LogP contribution in [0.25, 0.3) is 0 Å². The fraction of sp³-hybridized carbons (Fsp3) is 0.625. The van der Waals surface area contributed by atoms with Gasteiger partial charge in [0.1, 0.15) is 0 Å². The minimum Gasteiger partial charge on any atom is -0.412 e. The van der Waals surface area contributed by atoms with Crippen LogP contribution >= 0.6 is 19.8 Å². The summed E-state index contributed by atoms with van der Waals surface area (Å²) in [6.07, 6.45) is 7.48. The van der Waals surface area contributed by atoms with Gasteiger partial charge in [-0.25, -0.2) is 6.14 Å². The Hall–Kier alpha value is -0.490. The van der Waals surface area contributed by atoms with Crippen LogP contribution in [0.2, 0.25) is 0 Å². The largest absolute Gasteiger partial charge is 0.412 e. The predicted octanol–water partition coefficient (Wildman–Crippen LogP) is 3.96. The first-order valence-electron chi connectivity index (χ1n) is 7.50. The lowest BCUT2D eigenvalue weighted by molar-refractivity contribution is 0.609. The van der Waals surface area contributed by atoms with Crippen molar-refractivity contribution in [1.29, 1.82) is 0 Å². The van der Waals surface area contributed by atoms with E-state index in [0.29, 0.717) is 23.7 Å². The molecule has 0 unspecified atom stereocenters. The second-order valence-electron chi connectivity index (χ2n) is 6.83. The number of benzene rings is 1. The summed E-state index contributed by atoms with van der Waals surface area (Å²) in [7, 11) is 0. The third-order valence-electron chi connectivity index (χ3n) is 6.12. The Morgan fingerprint density at radius 3 is 1.70 bits per heavy atom. The van der Waals surface area contributed by atoms with E-state index in [-0.39, 0.29) is 5.48 Å². The average Bonchev–Trinajstić information content (AvgIpc) is 3.15. The molecular formula is C16H19IO3. The predicted molar refractivity (Wildman–Crippen MR) is 82.8 cm³/mol. The topological polar surface area (TPSA) is 65.6 Å². The van der Waals surface area contributed by atoms with Crippen molar-refractivity contribution in [3.8, 4) is 0 Å². The number of halogens is 1. The van der Waals surface area contributed by atoms with Gasteiger partial charge in [-0.1, -0.05) is 6.07 Å². The normalized spacial score (nSPS) is 35.2. The molecule has 0 amide bonds. The third kappa shape index (κ3) is 1.44. The van der Waals surface area contributed by atoms with E-state index in [2.05, 4.69) is 6.07 Å². The first kappa shape index (κ1) is 13.2. The Labute approximate surface area is 125 Å². The van der Waals surface area contributed by atoms with Crippen molar-refractivity contribution >= 4 is 19.8 Å². The van der Waals surface area contributed by atoms with E-state index in [4.69, 9.17) is 0 Å². The first-order valence-corrected chi connectivity index (χ1v) is 10.3. The maximum absolute atomic E-state index is 12.0. The van der Waals surface area contributed by atoms with Gasteiger partial charge >= 0.3 is 19.8 Å². The second kappa shape index (κ2) is 4.26. The highest BCUT2D eigenvalue weighted by Crippen LogP contribution is 2.62. The smallest absolute Gasteiger partial charge is 0.341 e. The van der Waals surface area contributed by atoms with Crippen LogP contribution in [0.3, 0.4) is 0 Å². The molecule has 4 bridgehead atoms. The summed E-state index contributed by atoms with van der Waals surface area (Å²) in [4.78, 5) is 0. The van der Waals surface area contributed by atoms with Crippen LogP contribution in [0.1, 0.15) is 84.5 Å². The Balaban J connectivity index is 0.00000106. The molecule has 4 heteroatoms. The van der Waals surface area contributed by atoms with Crippen LogP contribution in [-0.2, 0) is 6.14 Å². The Morgan fingerprint density at radius 2 is 1.25 bits per heavy atom. The zero-order valence-corrected chi connectivity index (χ0v) is 13.5. The summed E-state index contributed by atoms with van der Waals surface area (Å²) >= 11 is -3.36. The van der Waals surface area contributed by atoms with Gasteiger partial charge < -0.3 is 5.48 Å². The lowest BCUT2D eigenvalue weighted by Crippen LogP contribution is -2.09. The molecule has 0 heterocycles. The fourth-order valence-electron chi connectivity index (χ4n) is 5.45. The molecule has 2 N–H and O–H groups in total. The van der Waals surface area contributed by atoms with Gasteiger partial charge in [0.05, 0.1) is 3.57 Å². The van der Waals surface area contributed by atoms with Crippen molar-refractivity contribution in [2.45, 2.75) is 62.2 Å². The Kier molecular flexibility index (Phi) is 2.81. The highest BCUT2D eigenvalue weighted by atomic mass is 127. The third-order valence-corrected chi connectivity index (χ3v) is 8.16. The lowest BCUT2D eigenvalue weighted by atomic mass is 9.83. The van der Waals surface area contributed by atoms with E-state index in [9.17, 15) is 6.14 Å². The summed E-state index contributed by atoms with van der Waals surface area (Å²) in [5.41, 5.74) is 5.45. The molecule has 0 saturated heterocycles. The van der Waals surface area contributed by atoms with Gasteiger partial charge in [-0.05, 0) is 84.5 Å². The molecular weight excluding hydrogens is 367 g/mol. The minimum atomic E-state index is -3.36. The van der Waals surface area contributed by atoms with Gasteiger partial charge in [0, 0.05) is 0 Å². The van der Waals surface area contributed by atoms with Crippen LogP contribution in [0.4, 0.5) is 0 Å². The van der Waals surface area contributed by atoms with Gasteiger partial charge in [0.2, 0.25) is 0 Å². The van der Waals surface area contributed by atoms with Crippen LogP contribution in [0, 0.1) is 3.57 Å². The molecule has 0 spiro atoms. The van der Waals surface area contributed by atoms with Gasteiger partial charge in [-0.15, -0.1) is 0 Å². The molecule has 1 aromatic carbocycles. The number of hydrogen-bond acceptors (Lipinski definition) is 2. The van der Waals surface area contributed by atoms with Crippen molar-refractivity contribution in [3.05, 3.63) is 31.9 Å². The van der Waals surface area contributed by atoms with E-state index in [1.807, 2.05) is 0 Å². The molecule has 4 aliphatic rings. The van der Waals surface area contributed by atoms with E-state index in [1.54, 1.807) is 0 Å². The highest BCUT2D eigenvalue weighted by molar-refractivity contribution is 14.2. The minimum absolute atomic E-state index is 0. The molecule has 0 radical (unpaired) electrons. The zero-order valence-electron chi connectivity index (χ0n) is 11.3. The second-order valence-corrected chi connectivity index (χ2v) is 9.15. The molecule has 2 fully saturated rings. The molecule has 1 aromatic rings. The van der Waals surface area contributed by atoms with Crippen LogP contribution in [-0.4, -0.2) is 5.48 Å². The summed E-state index contributed by atoms with van der Waals surface area (Å²) < 4.78 is 24.9. The standard InChI is InChI=1S/C16H17IO2.H2O/c18-17(19)16-14-10-3-1-8(5-10)12(14)7-13-9-2-4-11(6-9)15(13)16;/h7-11H,1-6H2;1H2/t8-,9-,10+,11+;/m1./s1. The van der Waals surface area contributed by atoms with Crippen molar-refractivity contribution in [2.24, 2.45) is 0 Å². The summed E-state index contributed by atoms with van der Waals surface area (Å²) in [5.74, 6) is 2.50. The molecule has 20 heavy (non-hydrogen) atoms. The van der Waals surface area contributed by atoms with Gasteiger partial charge in [-0.2, -0.15) is 0 Å². The first-order chi connectivity index (χ1) is 9.24. The molecule has 108 valence electrons. The molecule has 3 nitrogen and oxygen atoms in total. The Morgan fingerprint density at radius 1 is 0.800 bits per heavy atom. The molecule has 0 aliphatic heterocycles. The van der Waals surface area contributed by atoms with E-state index < -0.39 is 19.8 Å². The van der Waals surface area contributed by atoms with Gasteiger partial charge in [-0.3, -0.25) is 0 Å². The molecule has 0 aromatic heterocycles. The quantitative estimate of drug-likeness (QED) is 0.686. The van der Waals surface area contributed by atoms with E-state index in [1.165, 1.54) is 60.8 Å². The number of rotatable bonds is 1. The Bertz CT molecular complexity index is 625. The summed E-state index contributed by atoms with van der Waals surface area (Å²) in [6, 6.07) is 2.43. The monoisotopic (exact) mass is 386 g/mol. The van der Waals surface area contributed by atoms with E-state index >= 15 is 0 Å². The SMILES string of the molecule is O.O=I(=O)c1c2c(cc3c1[C@H]1CC[C@@H]3C1)[C@@H]1CC[C@H]2C1. The molecule has 2 saturated carbocycles. The van der Waals surface area contributed by atoms with Crippen molar-refractivity contribution in [1.82, 2.24) is 0 Å². The number of fused-ring (bicyclic) bond motifs is 10. The van der Waals surface area contributed by atoms with Crippen LogP contribution in [0.5, 0.6) is 0 Å². The lowest BCUT2D eigenvalue weighted by Gasteiger charge is -2.24. The average molecular weight is 386 g/mol. The molecule has 4 aliphatic carbocycles. The summed E-state index contributed by atoms with van der Waals surface area (Å²) in [6.45, 7) is 0. The van der Waals surface area contributed by atoms with Crippen molar-refractivity contribution in [3.63, 3.8) is 0 Å².